The van der Waals surface area contributed by atoms with Gasteiger partial charge in [0, 0.05) is 11.8 Å². The lowest BCUT2D eigenvalue weighted by molar-refractivity contribution is -0.128. The van der Waals surface area contributed by atoms with E-state index in [1.807, 2.05) is 5.43 Å². The zero-order valence-electron chi connectivity index (χ0n) is 10.5. The third-order valence-corrected chi connectivity index (χ3v) is 3.76. The Kier molecular flexibility index (Phi) is 6.86. The van der Waals surface area contributed by atoms with Crippen LogP contribution in [0.1, 0.15) is 44.9 Å². The smallest absolute Gasteiger partial charge is 0.423 e. The molecule has 0 aromatic rings. The fraction of sp³-hybridized carbons (Fsp3) is 0.833. The second-order valence-electron chi connectivity index (χ2n) is 4.76. The summed E-state index contributed by atoms with van der Waals surface area (Å²) in [5.74, 6) is 0.533. The van der Waals surface area contributed by atoms with Crippen LogP contribution in [0.2, 0.25) is 0 Å². The first kappa shape index (κ1) is 15.1. The quantitative estimate of drug-likeness (QED) is 0.533. The van der Waals surface area contributed by atoms with Gasteiger partial charge in [-0.25, -0.2) is 10.2 Å². The van der Waals surface area contributed by atoms with Crippen LogP contribution in [-0.4, -0.2) is 23.0 Å². The second kappa shape index (κ2) is 8.19. The Hall–Kier alpha value is -0.970. The average Bonchev–Trinajstić information content (AvgIpc) is 2.38. The van der Waals surface area contributed by atoms with E-state index in [-0.39, 0.29) is 11.8 Å². The molecule has 6 heteroatoms. The van der Waals surface area contributed by atoms with Crippen molar-refractivity contribution in [1.29, 1.82) is 0 Å². The van der Waals surface area contributed by atoms with Crippen molar-refractivity contribution in [2.24, 2.45) is 11.8 Å². The maximum Gasteiger partial charge on any atom is 0.423 e. The second-order valence-corrected chi connectivity index (χ2v) is 5.13. The van der Waals surface area contributed by atoms with Crippen molar-refractivity contribution in [2.75, 3.05) is 5.88 Å². The number of carboxylic acid groups (broad SMARTS) is 1. The fourth-order valence-corrected chi connectivity index (χ4v) is 2.78. The minimum absolute atomic E-state index is 0.129. The van der Waals surface area contributed by atoms with Crippen LogP contribution in [0.4, 0.5) is 4.79 Å². The summed E-state index contributed by atoms with van der Waals surface area (Å²) in [5.41, 5.74) is 4.18. The molecule has 1 aliphatic carbocycles. The molecule has 2 amide bonds. The Morgan fingerprint density at radius 1 is 1.22 bits per heavy atom. The van der Waals surface area contributed by atoms with Crippen LogP contribution in [0.25, 0.3) is 0 Å². The summed E-state index contributed by atoms with van der Waals surface area (Å²) >= 11 is 5.68. The molecule has 1 unspecified atom stereocenters. The van der Waals surface area contributed by atoms with E-state index in [2.05, 4.69) is 5.43 Å². The molecule has 0 radical (unpaired) electrons. The monoisotopic (exact) mass is 276 g/mol. The maximum atomic E-state index is 12.0. The van der Waals surface area contributed by atoms with Crippen molar-refractivity contribution in [1.82, 2.24) is 10.9 Å². The molecule has 1 atom stereocenters. The molecule has 3 N–H and O–H groups in total. The van der Waals surface area contributed by atoms with Gasteiger partial charge in [0.05, 0.1) is 0 Å². The van der Waals surface area contributed by atoms with Crippen molar-refractivity contribution in [3.63, 3.8) is 0 Å². The number of carbonyl (C=O) groups is 2. The summed E-state index contributed by atoms with van der Waals surface area (Å²) in [6.07, 6.45) is 5.89. The zero-order valence-corrected chi connectivity index (χ0v) is 11.2. The van der Waals surface area contributed by atoms with E-state index in [0.29, 0.717) is 11.8 Å². The number of rotatable bonds is 5. The number of halogens is 1. The van der Waals surface area contributed by atoms with Crippen LogP contribution in [0.3, 0.4) is 0 Å². The third kappa shape index (κ3) is 5.12. The number of carbonyl (C=O) groups excluding carboxylic acids is 1. The summed E-state index contributed by atoms with van der Waals surface area (Å²) in [7, 11) is 0. The van der Waals surface area contributed by atoms with E-state index in [0.717, 1.165) is 38.5 Å². The lowest BCUT2D eigenvalue weighted by Gasteiger charge is -2.29. The predicted molar refractivity (Wildman–Crippen MR) is 69.3 cm³/mol. The van der Waals surface area contributed by atoms with Crippen LogP contribution in [0.5, 0.6) is 0 Å². The molecular formula is C12H21ClN2O3. The lowest BCUT2D eigenvalue weighted by atomic mass is 9.78. The third-order valence-electron chi connectivity index (χ3n) is 3.50. The molecule has 104 valence electrons. The highest BCUT2D eigenvalue weighted by molar-refractivity contribution is 6.17. The van der Waals surface area contributed by atoms with Crippen LogP contribution in [0, 0.1) is 11.8 Å². The molecule has 18 heavy (non-hydrogen) atoms. The normalized spacial score (nSPS) is 18.1. The van der Waals surface area contributed by atoms with E-state index < -0.39 is 6.09 Å². The van der Waals surface area contributed by atoms with E-state index in [1.165, 1.54) is 6.42 Å². The van der Waals surface area contributed by atoms with Gasteiger partial charge in [-0.15, -0.1) is 11.6 Å². The zero-order chi connectivity index (χ0) is 13.4. The lowest BCUT2D eigenvalue weighted by Crippen LogP contribution is -2.45. The highest BCUT2D eigenvalue weighted by Gasteiger charge is 2.29. The fourth-order valence-electron chi connectivity index (χ4n) is 2.62. The molecule has 5 nitrogen and oxygen atoms in total. The van der Waals surface area contributed by atoms with Crippen LogP contribution >= 0.6 is 11.6 Å². The van der Waals surface area contributed by atoms with Gasteiger partial charge in [0.1, 0.15) is 0 Å². The molecule has 0 aromatic heterocycles. The van der Waals surface area contributed by atoms with Gasteiger partial charge in [-0.1, -0.05) is 19.3 Å². The Bertz CT molecular complexity index is 280. The van der Waals surface area contributed by atoms with Gasteiger partial charge < -0.3 is 5.11 Å². The van der Waals surface area contributed by atoms with E-state index >= 15 is 0 Å². The number of hydrazine groups is 1. The molecule has 1 fully saturated rings. The molecule has 0 bridgehead atoms. The minimum atomic E-state index is -1.25. The van der Waals surface area contributed by atoms with Crippen LogP contribution in [-0.2, 0) is 4.79 Å². The first-order valence-electron chi connectivity index (χ1n) is 6.50. The molecule has 1 saturated carbocycles. The van der Waals surface area contributed by atoms with Gasteiger partial charge in [-0.3, -0.25) is 10.2 Å². The van der Waals surface area contributed by atoms with Gasteiger partial charge in [-0.05, 0) is 31.6 Å². The predicted octanol–water partition coefficient (Wildman–Crippen LogP) is 2.50. The van der Waals surface area contributed by atoms with E-state index in [9.17, 15) is 9.59 Å². The Balaban J connectivity index is 2.52. The highest BCUT2D eigenvalue weighted by atomic mass is 35.5. The molecule has 0 aromatic carbocycles. The number of alkyl halides is 1. The Labute approximate surface area is 112 Å². The summed E-state index contributed by atoms with van der Waals surface area (Å²) in [6, 6.07) is 0. The first-order valence-corrected chi connectivity index (χ1v) is 7.03. The number of hydrogen-bond acceptors (Lipinski definition) is 2. The Morgan fingerprint density at radius 3 is 2.44 bits per heavy atom. The first-order chi connectivity index (χ1) is 8.65. The summed E-state index contributed by atoms with van der Waals surface area (Å²) < 4.78 is 0. The van der Waals surface area contributed by atoms with Crippen molar-refractivity contribution in [2.45, 2.75) is 44.9 Å². The molecule has 1 aliphatic rings. The SMILES string of the molecule is O=C(O)NNC(=O)C(CCCCl)C1CCCCC1. The van der Waals surface area contributed by atoms with Gasteiger partial charge in [0.15, 0.2) is 0 Å². The van der Waals surface area contributed by atoms with Gasteiger partial charge >= 0.3 is 6.09 Å². The summed E-state index contributed by atoms with van der Waals surface area (Å²) in [5, 5.41) is 8.48. The van der Waals surface area contributed by atoms with E-state index in [1.54, 1.807) is 0 Å². The minimum Gasteiger partial charge on any atom is -0.464 e. The molecule has 0 heterocycles. The Morgan fingerprint density at radius 2 is 1.89 bits per heavy atom. The van der Waals surface area contributed by atoms with Gasteiger partial charge in [0.2, 0.25) is 5.91 Å². The van der Waals surface area contributed by atoms with Crippen molar-refractivity contribution in [3.05, 3.63) is 0 Å². The molecule has 0 aliphatic heterocycles. The topological polar surface area (TPSA) is 78.4 Å². The van der Waals surface area contributed by atoms with Crippen molar-refractivity contribution < 1.29 is 14.7 Å². The van der Waals surface area contributed by atoms with Gasteiger partial charge in [0.25, 0.3) is 0 Å². The summed E-state index contributed by atoms with van der Waals surface area (Å²) in [6.45, 7) is 0. The molecular weight excluding hydrogens is 256 g/mol. The highest BCUT2D eigenvalue weighted by Crippen LogP contribution is 2.32. The van der Waals surface area contributed by atoms with Crippen LogP contribution < -0.4 is 10.9 Å². The largest absolute Gasteiger partial charge is 0.464 e. The number of nitrogens with one attached hydrogen (secondary N) is 2. The average molecular weight is 277 g/mol. The van der Waals surface area contributed by atoms with E-state index in [4.69, 9.17) is 16.7 Å². The maximum absolute atomic E-state index is 12.0. The van der Waals surface area contributed by atoms with Gasteiger partial charge in [-0.2, -0.15) is 0 Å². The van der Waals surface area contributed by atoms with Crippen molar-refractivity contribution in [3.8, 4) is 0 Å². The molecule has 0 spiro atoms. The summed E-state index contributed by atoms with van der Waals surface area (Å²) in [4.78, 5) is 22.3. The standard InChI is InChI=1S/C12H21ClN2O3/c13-8-4-7-10(9-5-2-1-3-6-9)11(16)14-15-12(17)18/h9-10,15H,1-8H2,(H,14,16)(H,17,18). The van der Waals surface area contributed by atoms with Crippen LogP contribution in [0.15, 0.2) is 0 Å². The number of hydrogen-bond donors (Lipinski definition) is 3. The molecule has 1 rings (SSSR count). The molecule has 0 saturated heterocycles. The van der Waals surface area contributed by atoms with Crippen molar-refractivity contribution >= 4 is 23.6 Å². The number of amides is 2.